The minimum absolute atomic E-state index is 0.351. The van der Waals surface area contributed by atoms with Crippen LogP contribution in [0.1, 0.15) is 23.6 Å². The number of fused-ring (bicyclic) bond motifs is 5. The zero-order valence-corrected chi connectivity index (χ0v) is 37.6. The Kier molecular flexibility index (Phi) is 9.33. The molecule has 320 valence electrons. The monoisotopic (exact) mass is 867 g/mol. The van der Waals surface area contributed by atoms with Crippen LogP contribution >= 0.6 is 0 Å². The molecule has 0 saturated heterocycles. The number of para-hydroxylation sites is 1. The van der Waals surface area contributed by atoms with Gasteiger partial charge in [-0.25, -0.2) is 0 Å². The molecule has 2 aliphatic rings. The van der Waals surface area contributed by atoms with E-state index in [2.05, 4.69) is 267 Å². The van der Waals surface area contributed by atoms with Gasteiger partial charge >= 0.3 is 0 Å². The Morgan fingerprint density at radius 2 is 0.912 bits per heavy atom. The second-order valence-corrected chi connectivity index (χ2v) is 18.1. The van der Waals surface area contributed by atoms with Crippen LogP contribution in [-0.2, 0) is 5.41 Å². The molecule has 11 aromatic rings. The first-order chi connectivity index (χ1) is 33.6. The third-order valence-electron chi connectivity index (χ3n) is 14.4. The standard InChI is InChI=1S/C66H45NO/c1-66(50-24-9-4-10-25-50)58-29-13-11-27-55(58)65-59(66)30-17-32-61(65)67(51-38-34-44(35-39-51)48-36-40-52(45-18-5-2-6-19-45)56(42-48)46-20-7-3-8-21-46)60-31-14-12-26-53(60)49-37-41-62-57(43-49)54-28-15-22-47-23-16-33-63(68-62)64(47)54/h2-43H,1H3. The van der Waals surface area contributed by atoms with Crippen molar-refractivity contribution in [1.82, 2.24) is 0 Å². The lowest BCUT2D eigenvalue weighted by molar-refractivity contribution is 0.487. The summed E-state index contributed by atoms with van der Waals surface area (Å²) >= 11 is 0. The van der Waals surface area contributed by atoms with E-state index in [1.165, 1.54) is 66.6 Å². The first-order valence-electron chi connectivity index (χ1n) is 23.5. The fourth-order valence-corrected chi connectivity index (χ4v) is 11.1. The highest BCUT2D eigenvalue weighted by Gasteiger charge is 2.42. The largest absolute Gasteiger partial charge is 0.456 e. The number of nitrogens with zero attached hydrogens (tertiary/aromatic N) is 1. The number of ether oxygens (including phenoxy) is 1. The van der Waals surface area contributed by atoms with Gasteiger partial charge in [-0.1, -0.05) is 206 Å². The van der Waals surface area contributed by atoms with Crippen LogP contribution in [0, 0.1) is 0 Å². The van der Waals surface area contributed by atoms with Gasteiger partial charge in [-0.15, -0.1) is 0 Å². The van der Waals surface area contributed by atoms with Gasteiger partial charge in [0.15, 0.2) is 0 Å². The molecule has 1 aliphatic heterocycles. The quantitative estimate of drug-likeness (QED) is 0.151. The minimum Gasteiger partial charge on any atom is -0.456 e. The van der Waals surface area contributed by atoms with Crippen molar-refractivity contribution in [2.45, 2.75) is 12.3 Å². The van der Waals surface area contributed by atoms with Crippen LogP contribution < -0.4 is 9.64 Å². The van der Waals surface area contributed by atoms with E-state index >= 15 is 0 Å². The Morgan fingerprint density at radius 3 is 1.69 bits per heavy atom. The summed E-state index contributed by atoms with van der Waals surface area (Å²) in [5.74, 6) is 1.77. The molecule has 0 radical (unpaired) electrons. The predicted molar refractivity (Wildman–Crippen MR) is 283 cm³/mol. The zero-order chi connectivity index (χ0) is 45.2. The van der Waals surface area contributed by atoms with E-state index in [1.54, 1.807) is 0 Å². The lowest BCUT2D eigenvalue weighted by Crippen LogP contribution is -2.22. The van der Waals surface area contributed by atoms with E-state index in [4.69, 9.17) is 4.74 Å². The lowest BCUT2D eigenvalue weighted by Gasteiger charge is -2.32. The molecule has 0 amide bonds. The van der Waals surface area contributed by atoms with Crippen molar-refractivity contribution in [2.24, 2.45) is 0 Å². The van der Waals surface area contributed by atoms with Gasteiger partial charge in [-0.2, -0.15) is 0 Å². The molecule has 0 aromatic heterocycles. The average Bonchev–Trinajstić information content (AvgIpc) is 3.68. The van der Waals surface area contributed by atoms with Crippen LogP contribution in [0.5, 0.6) is 11.5 Å². The van der Waals surface area contributed by atoms with Gasteiger partial charge in [-0.3, -0.25) is 0 Å². The molecule has 2 heteroatoms. The van der Waals surface area contributed by atoms with Crippen molar-refractivity contribution in [1.29, 1.82) is 0 Å². The first kappa shape index (κ1) is 39.6. The van der Waals surface area contributed by atoms with Crippen LogP contribution in [-0.4, -0.2) is 0 Å². The summed E-state index contributed by atoms with van der Waals surface area (Å²) in [7, 11) is 0. The van der Waals surface area contributed by atoms with Gasteiger partial charge in [-0.05, 0) is 128 Å². The predicted octanol–water partition coefficient (Wildman–Crippen LogP) is 18.1. The second-order valence-electron chi connectivity index (χ2n) is 18.1. The molecular formula is C66H45NO. The highest BCUT2D eigenvalue weighted by molar-refractivity contribution is 6.05. The van der Waals surface area contributed by atoms with E-state index in [0.29, 0.717) is 0 Å². The Bertz CT molecular complexity index is 3700. The Hall–Kier alpha value is -8.72. The topological polar surface area (TPSA) is 12.5 Å². The number of rotatable bonds is 8. The van der Waals surface area contributed by atoms with Crippen LogP contribution in [0.4, 0.5) is 17.1 Å². The van der Waals surface area contributed by atoms with Crippen molar-refractivity contribution in [3.8, 4) is 78.3 Å². The van der Waals surface area contributed by atoms with Gasteiger partial charge < -0.3 is 9.64 Å². The van der Waals surface area contributed by atoms with Gasteiger partial charge in [0.05, 0.1) is 11.4 Å². The van der Waals surface area contributed by atoms with Gasteiger partial charge in [0.25, 0.3) is 0 Å². The van der Waals surface area contributed by atoms with Crippen LogP contribution in [0.15, 0.2) is 255 Å². The third kappa shape index (κ3) is 6.33. The molecule has 0 fully saturated rings. The summed E-state index contributed by atoms with van der Waals surface area (Å²) in [5, 5.41) is 2.33. The number of hydrogen-bond donors (Lipinski definition) is 0. The molecule has 11 aromatic carbocycles. The van der Waals surface area contributed by atoms with Crippen molar-refractivity contribution in [3.05, 3.63) is 271 Å². The summed E-state index contributed by atoms with van der Waals surface area (Å²) in [6.45, 7) is 2.39. The summed E-state index contributed by atoms with van der Waals surface area (Å²) in [4.78, 5) is 2.49. The molecule has 0 spiro atoms. The van der Waals surface area contributed by atoms with Crippen molar-refractivity contribution in [3.63, 3.8) is 0 Å². The first-order valence-corrected chi connectivity index (χ1v) is 23.5. The van der Waals surface area contributed by atoms with E-state index in [1.807, 2.05) is 0 Å². The van der Waals surface area contributed by atoms with E-state index < -0.39 is 0 Å². The Morgan fingerprint density at radius 1 is 0.338 bits per heavy atom. The third-order valence-corrected chi connectivity index (χ3v) is 14.4. The Balaban J connectivity index is 0.999. The van der Waals surface area contributed by atoms with E-state index in [-0.39, 0.29) is 5.41 Å². The maximum Gasteiger partial charge on any atom is 0.135 e. The van der Waals surface area contributed by atoms with Crippen LogP contribution in [0.3, 0.4) is 0 Å². The summed E-state index contributed by atoms with van der Waals surface area (Å²) in [6, 6.07) is 92.8. The van der Waals surface area contributed by atoms with E-state index in [9.17, 15) is 0 Å². The molecule has 1 heterocycles. The van der Waals surface area contributed by atoms with Crippen molar-refractivity contribution < 1.29 is 4.74 Å². The molecule has 2 nitrogen and oxygen atoms in total. The zero-order valence-electron chi connectivity index (χ0n) is 37.6. The van der Waals surface area contributed by atoms with Gasteiger partial charge in [0.2, 0.25) is 0 Å². The van der Waals surface area contributed by atoms with Gasteiger partial charge in [0.1, 0.15) is 11.5 Å². The van der Waals surface area contributed by atoms with Crippen molar-refractivity contribution in [2.75, 3.05) is 4.90 Å². The second kappa shape index (κ2) is 16.0. The summed E-state index contributed by atoms with van der Waals surface area (Å²) in [5.41, 5.74) is 21.0. The maximum absolute atomic E-state index is 6.60. The SMILES string of the molecule is CC1(c2ccccc2)c2ccccc2-c2c(N(c3ccc(-c4ccc(-c5ccccc5)c(-c5ccccc5)c4)cc3)c3ccccc3-c3ccc4c(c3)-c3cccc5cccc(c35)O4)cccc21. The van der Waals surface area contributed by atoms with Gasteiger partial charge in [0, 0.05) is 33.2 Å². The highest BCUT2D eigenvalue weighted by Crippen LogP contribution is 2.57. The molecule has 0 saturated carbocycles. The number of benzene rings is 11. The highest BCUT2D eigenvalue weighted by atomic mass is 16.5. The maximum atomic E-state index is 6.60. The molecule has 1 atom stereocenters. The van der Waals surface area contributed by atoms with Crippen molar-refractivity contribution >= 4 is 27.8 Å². The molecule has 1 unspecified atom stereocenters. The molecular weight excluding hydrogens is 823 g/mol. The molecule has 13 rings (SSSR count). The van der Waals surface area contributed by atoms with E-state index in [0.717, 1.165) is 56.2 Å². The lowest BCUT2D eigenvalue weighted by atomic mass is 9.74. The number of hydrogen-bond acceptors (Lipinski definition) is 2. The average molecular weight is 868 g/mol. The molecule has 68 heavy (non-hydrogen) atoms. The smallest absolute Gasteiger partial charge is 0.135 e. The number of anilines is 3. The summed E-state index contributed by atoms with van der Waals surface area (Å²) in [6.07, 6.45) is 0. The normalized spacial score (nSPS) is 14.1. The fraction of sp³-hybridized carbons (Fsp3) is 0.0303. The van der Waals surface area contributed by atoms with Crippen LogP contribution in [0.2, 0.25) is 0 Å². The molecule has 1 aliphatic carbocycles. The summed E-state index contributed by atoms with van der Waals surface area (Å²) < 4.78 is 6.60. The fourth-order valence-electron chi connectivity index (χ4n) is 11.1. The minimum atomic E-state index is -0.351. The van der Waals surface area contributed by atoms with Crippen LogP contribution in [0.25, 0.3) is 77.5 Å². The molecule has 0 bridgehead atoms. The molecule has 0 N–H and O–H groups in total. The Labute approximate surface area is 397 Å².